The predicted molar refractivity (Wildman–Crippen MR) is 118 cm³/mol. The zero-order chi connectivity index (χ0) is 20.3. The van der Waals surface area contributed by atoms with Gasteiger partial charge in [-0.1, -0.05) is 61.9 Å². The molecule has 6 nitrogen and oxygen atoms in total. The van der Waals surface area contributed by atoms with E-state index in [0.717, 1.165) is 41.6 Å². The lowest BCUT2D eigenvalue weighted by atomic mass is 9.96. The second-order valence-corrected chi connectivity index (χ2v) is 7.39. The molecule has 148 valence electrons. The van der Waals surface area contributed by atoms with Crippen LogP contribution in [0.25, 0.3) is 33.5 Å². The number of benzene rings is 2. The van der Waals surface area contributed by atoms with Crippen LogP contribution in [0.4, 0.5) is 0 Å². The van der Waals surface area contributed by atoms with Crippen LogP contribution in [0, 0.1) is 0 Å². The van der Waals surface area contributed by atoms with Gasteiger partial charge >= 0.3 is 0 Å². The summed E-state index contributed by atoms with van der Waals surface area (Å²) >= 11 is 0. The minimum atomic E-state index is 0.602. The zero-order valence-electron chi connectivity index (χ0n) is 16.8. The third-order valence-corrected chi connectivity index (χ3v) is 5.43. The molecule has 0 aliphatic heterocycles. The van der Waals surface area contributed by atoms with Gasteiger partial charge in [-0.25, -0.2) is 4.98 Å². The van der Waals surface area contributed by atoms with Crippen molar-refractivity contribution >= 4 is 11.0 Å². The Morgan fingerprint density at radius 2 is 1.73 bits per heavy atom. The van der Waals surface area contributed by atoms with E-state index < -0.39 is 0 Å². The fraction of sp³-hybridized carbons (Fsp3) is 0.167. The number of aromatic amines is 2. The molecule has 5 rings (SSSR count). The van der Waals surface area contributed by atoms with Gasteiger partial charge < -0.3 is 4.98 Å². The minimum Gasteiger partial charge on any atom is -0.343 e. The van der Waals surface area contributed by atoms with Crippen LogP contribution in [0.1, 0.15) is 30.2 Å². The van der Waals surface area contributed by atoms with Crippen molar-refractivity contribution in [2.24, 2.45) is 0 Å². The van der Waals surface area contributed by atoms with Gasteiger partial charge in [0.15, 0.2) is 0 Å². The molecule has 0 spiro atoms. The van der Waals surface area contributed by atoms with E-state index in [2.05, 4.69) is 73.9 Å². The molecule has 0 fully saturated rings. The fourth-order valence-corrected chi connectivity index (χ4v) is 4.01. The number of tetrazole rings is 1. The van der Waals surface area contributed by atoms with Crippen molar-refractivity contribution in [1.82, 2.24) is 30.6 Å². The van der Waals surface area contributed by atoms with Crippen molar-refractivity contribution in [3.8, 4) is 22.5 Å². The Bertz CT molecular complexity index is 1270. The standard InChI is InChI=1S/C24H22N6/c1-2-6-22-21(20-9-5-14-25-23(20)26-22)15-16-10-12-17(13-11-16)18-7-3-4-8-19(18)24-27-29-30-28-24/h3-5,7-14H,2,6,15H2,1H3,(H,25,26)(H,27,28,29,30). The topological polar surface area (TPSA) is 83.1 Å². The first-order valence-electron chi connectivity index (χ1n) is 10.2. The minimum absolute atomic E-state index is 0.602. The summed E-state index contributed by atoms with van der Waals surface area (Å²) in [5.74, 6) is 0.602. The van der Waals surface area contributed by atoms with Crippen LogP contribution in [0.2, 0.25) is 0 Å². The summed E-state index contributed by atoms with van der Waals surface area (Å²) in [5.41, 5.74) is 8.08. The molecule has 0 aliphatic rings. The largest absolute Gasteiger partial charge is 0.343 e. The molecule has 30 heavy (non-hydrogen) atoms. The zero-order valence-corrected chi connectivity index (χ0v) is 16.8. The Labute approximate surface area is 174 Å². The molecule has 6 heteroatoms. The maximum absolute atomic E-state index is 4.50. The van der Waals surface area contributed by atoms with Crippen LogP contribution in [0.15, 0.2) is 66.9 Å². The first-order valence-corrected chi connectivity index (χ1v) is 10.2. The maximum atomic E-state index is 4.50. The van der Waals surface area contributed by atoms with E-state index in [1.54, 1.807) is 0 Å². The van der Waals surface area contributed by atoms with Crippen molar-refractivity contribution in [3.05, 3.63) is 83.7 Å². The highest BCUT2D eigenvalue weighted by Crippen LogP contribution is 2.31. The van der Waals surface area contributed by atoms with Gasteiger partial charge in [0, 0.05) is 22.8 Å². The summed E-state index contributed by atoms with van der Waals surface area (Å²) in [6.45, 7) is 2.21. The van der Waals surface area contributed by atoms with Gasteiger partial charge in [0.1, 0.15) is 5.65 Å². The first-order chi connectivity index (χ1) is 14.8. The van der Waals surface area contributed by atoms with Crippen LogP contribution < -0.4 is 0 Å². The number of nitrogens with one attached hydrogen (secondary N) is 2. The predicted octanol–water partition coefficient (Wildman–Crippen LogP) is 4.95. The van der Waals surface area contributed by atoms with Crippen molar-refractivity contribution < 1.29 is 0 Å². The van der Waals surface area contributed by atoms with E-state index in [9.17, 15) is 0 Å². The Morgan fingerprint density at radius 3 is 2.50 bits per heavy atom. The molecule has 0 amide bonds. The molecular weight excluding hydrogens is 372 g/mol. The number of nitrogens with zero attached hydrogens (tertiary/aromatic N) is 4. The molecule has 0 radical (unpaired) electrons. The number of hydrogen-bond acceptors (Lipinski definition) is 4. The Morgan fingerprint density at radius 1 is 0.900 bits per heavy atom. The average molecular weight is 394 g/mol. The summed E-state index contributed by atoms with van der Waals surface area (Å²) in [6.07, 6.45) is 4.86. The second kappa shape index (κ2) is 7.91. The van der Waals surface area contributed by atoms with Crippen LogP contribution in [-0.2, 0) is 12.8 Å². The number of rotatable bonds is 6. The third-order valence-electron chi connectivity index (χ3n) is 5.43. The number of fused-ring (bicyclic) bond motifs is 1. The first kappa shape index (κ1) is 18.2. The number of pyridine rings is 1. The molecule has 0 saturated carbocycles. The summed E-state index contributed by atoms with van der Waals surface area (Å²) < 4.78 is 0. The highest BCUT2D eigenvalue weighted by molar-refractivity contribution is 5.82. The lowest BCUT2D eigenvalue weighted by Crippen LogP contribution is -1.94. The molecule has 0 saturated heterocycles. The summed E-state index contributed by atoms with van der Waals surface area (Å²) in [6, 6.07) is 21.0. The molecule has 0 bridgehead atoms. The summed E-state index contributed by atoms with van der Waals surface area (Å²) in [5, 5.41) is 15.7. The van der Waals surface area contributed by atoms with E-state index >= 15 is 0 Å². The Hall–Kier alpha value is -3.80. The molecular formula is C24H22N6. The van der Waals surface area contributed by atoms with Gasteiger partial charge in [0.2, 0.25) is 5.82 Å². The maximum Gasteiger partial charge on any atom is 0.205 e. The molecule has 0 unspecified atom stereocenters. The highest BCUT2D eigenvalue weighted by Gasteiger charge is 2.13. The highest BCUT2D eigenvalue weighted by atomic mass is 15.5. The average Bonchev–Trinajstić information content (AvgIpc) is 3.44. The Kier molecular flexibility index (Phi) is 4.81. The fourth-order valence-electron chi connectivity index (χ4n) is 4.01. The van der Waals surface area contributed by atoms with Crippen molar-refractivity contribution in [1.29, 1.82) is 0 Å². The monoisotopic (exact) mass is 394 g/mol. The van der Waals surface area contributed by atoms with E-state index in [0.29, 0.717) is 5.82 Å². The van der Waals surface area contributed by atoms with Crippen LogP contribution >= 0.6 is 0 Å². The molecule has 0 atom stereocenters. The quantitative estimate of drug-likeness (QED) is 0.427. The van der Waals surface area contributed by atoms with Crippen molar-refractivity contribution in [3.63, 3.8) is 0 Å². The lowest BCUT2D eigenvalue weighted by Gasteiger charge is -2.09. The molecule has 3 heterocycles. The second-order valence-electron chi connectivity index (χ2n) is 7.39. The van der Waals surface area contributed by atoms with E-state index in [1.165, 1.54) is 22.2 Å². The van der Waals surface area contributed by atoms with Gasteiger partial charge in [0.05, 0.1) is 0 Å². The molecule has 0 aliphatic carbocycles. The van der Waals surface area contributed by atoms with Gasteiger partial charge in [-0.05, 0) is 52.4 Å². The summed E-state index contributed by atoms with van der Waals surface area (Å²) in [7, 11) is 0. The molecule has 2 N–H and O–H groups in total. The normalized spacial score (nSPS) is 11.2. The van der Waals surface area contributed by atoms with Gasteiger partial charge in [-0.2, -0.15) is 5.21 Å². The molecule has 2 aromatic carbocycles. The number of H-pyrrole nitrogens is 2. The smallest absolute Gasteiger partial charge is 0.205 e. The van der Waals surface area contributed by atoms with Crippen LogP contribution in [0.3, 0.4) is 0 Å². The molecule has 5 aromatic rings. The lowest BCUT2D eigenvalue weighted by molar-refractivity contribution is 0.879. The molecule has 3 aromatic heterocycles. The third kappa shape index (κ3) is 3.37. The van der Waals surface area contributed by atoms with Crippen LogP contribution in [-0.4, -0.2) is 30.6 Å². The van der Waals surface area contributed by atoms with E-state index in [-0.39, 0.29) is 0 Å². The number of aromatic nitrogens is 6. The Balaban J connectivity index is 1.48. The van der Waals surface area contributed by atoms with Crippen molar-refractivity contribution in [2.45, 2.75) is 26.2 Å². The van der Waals surface area contributed by atoms with Gasteiger partial charge in [-0.3, -0.25) is 0 Å². The van der Waals surface area contributed by atoms with Crippen LogP contribution in [0.5, 0.6) is 0 Å². The van der Waals surface area contributed by atoms with E-state index in [4.69, 9.17) is 0 Å². The summed E-state index contributed by atoms with van der Waals surface area (Å²) in [4.78, 5) is 8.01. The number of hydrogen-bond donors (Lipinski definition) is 2. The van der Waals surface area contributed by atoms with Gasteiger partial charge in [0.25, 0.3) is 0 Å². The number of aryl methyl sites for hydroxylation is 1. The van der Waals surface area contributed by atoms with Gasteiger partial charge in [-0.15, -0.1) is 10.2 Å². The van der Waals surface area contributed by atoms with E-state index in [1.807, 2.05) is 30.5 Å². The SMILES string of the molecule is CCCc1[nH]c2ncccc2c1Cc1ccc(-c2ccccc2-c2nn[nH]n2)cc1. The van der Waals surface area contributed by atoms with Crippen molar-refractivity contribution in [2.75, 3.05) is 0 Å².